The summed E-state index contributed by atoms with van der Waals surface area (Å²) in [5.41, 5.74) is 1.77. The highest BCUT2D eigenvalue weighted by Crippen LogP contribution is 2.22. The first-order valence-corrected chi connectivity index (χ1v) is 9.41. The van der Waals surface area contributed by atoms with Crippen LogP contribution in [0.2, 0.25) is 0 Å². The Bertz CT molecular complexity index is 1350. The monoisotopic (exact) mass is 402 g/mol. The molecule has 4 aromatic rings. The topological polar surface area (TPSA) is 95.3 Å². The quantitative estimate of drug-likeness (QED) is 0.370. The minimum atomic E-state index is -0.600. The number of aryl methyl sites for hydroxylation is 2. The van der Waals surface area contributed by atoms with Crippen molar-refractivity contribution in [1.82, 2.24) is 4.57 Å². The summed E-state index contributed by atoms with van der Waals surface area (Å²) < 4.78 is 7.06. The van der Waals surface area contributed by atoms with Gasteiger partial charge in [-0.25, -0.2) is 4.79 Å². The van der Waals surface area contributed by atoms with E-state index in [1.165, 1.54) is 30.3 Å². The lowest BCUT2D eigenvalue weighted by Crippen LogP contribution is -2.24. The second-order valence-corrected chi connectivity index (χ2v) is 7.01. The lowest BCUT2D eigenvalue weighted by atomic mass is 10.1. The predicted molar refractivity (Wildman–Crippen MR) is 114 cm³/mol. The van der Waals surface area contributed by atoms with Crippen LogP contribution in [-0.2, 0) is 13.0 Å². The van der Waals surface area contributed by atoms with Gasteiger partial charge in [0, 0.05) is 30.4 Å². The summed E-state index contributed by atoms with van der Waals surface area (Å²) in [6.45, 7) is 2.30. The van der Waals surface area contributed by atoms with Crippen molar-refractivity contribution in [3.05, 3.63) is 109 Å². The van der Waals surface area contributed by atoms with E-state index in [0.717, 1.165) is 5.56 Å². The maximum absolute atomic E-state index is 13.1. The van der Waals surface area contributed by atoms with E-state index in [0.29, 0.717) is 29.6 Å². The van der Waals surface area contributed by atoms with E-state index in [-0.39, 0.29) is 22.4 Å². The number of hydrogen-bond donors (Lipinski definition) is 0. The second-order valence-electron chi connectivity index (χ2n) is 7.01. The normalized spacial score (nSPS) is 11.0. The number of non-ortho nitro benzene ring substituents is 1. The molecule has 7 heteroatoms. The minimum absolute atomic E-state index is 0.0807. The van der Waals surface area contributed by atoms with Gasteiger partial charge < -0.3 is 8.98 Å². The molecule has 0 bridgehead atoms. The van der Waals surface area contributed by atoms with Crippen molar-refractivity contribution in [3.63, 3.8) is 0 Å². The summed E-state index contributed by atoms with van der Waals surface area (Å²) in [5, 5.41) is 11.1. The lowest BCUT2D eigenvalue weighted by Gasteiger charge is -2.12. The molecule has 0 aliphatic rings. The molecule has 0 aliphatic heterocycles. The van der Waals surface area contributed by atoms with Gasteiger partial charge in [0.25, 0.3) is 11.2 Å². The van der Waals surface area contributed by atoms with E-state index in [2.05, 4.69) is 0 Å². The smallest absolute Gasteiger partial charge is 0.344 e. The summed E-state index contributed by atoms with van der Waals surface area (Å²) in [5.74, 6) is 0. The third kappa shape index (κ3) is 3.65. The van der Waals surface area contributed by atoms with E-state index in [1.807, 2.05) is 30.3 Å². The number of fused-ring (bicyclic) bond motifs is 1. The fourth-order valence-electron chi connectivity index (χ4n) is 3.46. The number of hydrogen-bond acceptors (Lipinski definition) is 5. The molecule has 30 heavy (non-hydrogen) atoms. The largest absolute Gasteiger partial charge is 0.422 e. The molecule has 0 unspecified atom stereocenters. The average molecular weight is 402 g/mol. The second kappa shape index (κ2) is 7.79. The van der Waals surface area contributed by atoms with Gasteiger partial charge >= 0.3 is 5.63 Å². The van der Waals surface area contributed by atoms with Crippen LogP contribution in [0.1, 0.15) is 11.3 Å². The molecule has 0 fully saturated rings. The molecule has 150 valence electrons. The van der Waals surface area contributed by atoms with Crippen molar-refractivity contribution in [2.45, 2.75) is 19.9 Å². The number of rotatable bonds is 5. The summed E-state index contributed by atoms with van der Waals surface area (Å²) in [6.07, 6.45) is 0.694. The predicted octanol–water partition coefficient (Wildman–Crippen LogP) is 4.08. The fourth-order valence-corrected chi connectivity index (χ4v) is 3.46. The zero-order valence-corrected chi connectivity index (χ0v) is 16.2. The van der Waals surface area contributed by atoms with Gasteiger partial charge in [-0.15, -0.1) is 0 Å². The Morgan fingerprint density at radius 3 is 2.37 bits per heavy atom. The Hall–Kier alpha value is -4.00. The highest BCUT2D eigenvalue weighted by atomic mass is 16.6. The van der Waals surface area contributed by atoms with Gasteiger partial charge in [-0.3, -0.25) is 14.9 Å². The van der Waals surface area contributed by atoms with E-state index < -0.39 is 10.5 Å². The van der Waals surface area contributed by atoms with Crippen molar-refractivity contribution < 1.29 is 9.34 Å². The van der Waals surface area contributed by atoms with Crippen molar-refractivity contribution in [1.29, 1.82) is 0 Å². The maximum atomic E-state index is 13.1. The summed E-state index contributed by atoms with van der Waals surface area (Å²) in [4.78, 5) is 35.9. The van der Waals surface area contributed by atoms with E-state index in [9.17, 15) is 19.7 Å². The van der Waals surface area contributed by atoms with Crippen LogP contribution in [0.5, 0.6) is 0 Å². The third-order valence-corrected chi connectivity index (χ3v) is 5.07. The molecule has 2 aromatic heterocycles. The first-order valence-electron chi connectivity index (χ1n) is 9.41. The average Bonchev–Trinajstić information content (AvgIpc) is 2.74. The van der Waals surface area contributed by atoms with Gasteiger partial charge in [0.2, 0.25) is 0 Å². The first kappa shape index (κ1) is 19.3. The van der Waals surface area contributed by atoms with Crippen molar-refractivity contribution in [2.24, 2.45) is 0 Å². The van der Waals surface area contributed by atoms with Crippen LogP contribution in [0.25, 0.3) is 22.1 Å². The van der Waals surface area contributed by atoms with Crippen molar-refractivity contribution >= 4 is 16.7 Å². The molecule has 4 rings (SSSR count). The standard InChI is InChI=1S/C23H18N2O5/c1-15-13-21-20(22(26)24(15)12-11-16-5-3-2-4-6-16)14-19(23(27)30-21)17-7-9-18(10-8-17)25(28)29/h2-10,13-14H,11-12H2,1H3. The van der Waals surface area contributed by atoms with Crippen LogP contribution in [0.3, 0.4) is 0 Å². The summed E-state index contributed by atoms with van der Waals surface area (Å²) >= 11 is 0. The Morgan fingerprint density at radius 2 is 1.70 bits per heavy atom. The summed E-state index contributed by atoms with van der Waals surface area (Å²) in [7, 11) is 0. The van der Waals surface area contributed by atoms with Crippen LogP contribution in [0.15, 0.2) is 80.7 Å². The number of benzene rings is 2. The van der Waals surface area contributed by atoms with Crippen LogP contribution in [0.4, 0.5) is 5.69 Å². The van der Waals surface area contributed by atoms with Crippen LogP contribution >= 0.6 is 0 Å². The molecule has 0 amide bonds. The molecule has 0 radical (unpaired) electrons. The molecule has 0 aliphatic carbocycles. The van der Waals surface area contributed by atoms with E-state index in [4.69, 9.17) is 4.42 Å². The molecular weight excluding hydrogens is 384 g/mol. The lowest BCUT2D eigenvalue weighted by molar-refractivity contribution is -0.384. The van der Waals surface area contributed by atoms with Gasteiger partial charge in [0.1, 0.15) is 5.58 Å². The number of nitro benzene ring substituents is 1. The first-order chi connectivity index (χ1) is 14.4. The zero-order valence-electron chi connectivity index (χ0n) is 16.2. The Labute approximate surface area is 171 Å². The highest BCUT2D eigenvalue weighted by Gasteiger charge is 2.14. The number of nitro groups is 1. The maximum Gasteiger partial charge on any atom is 0.344 e. The zero-order chi connectivity index (χ0) is 21.3. The van der Waals surface area contributed by atoms with Gasteiger partial charge in [0.15, 0.2) is 0 Å². The van der Waals surface area contributed by atoms with Crippen LogP contribution in [0, 0.1) is 17.0 Å². The van der Waals surface area contributed by atoms with Gasteiger partial charge in [-0.05, 0) is 42.7 Å². The molecule has 2 aromatic carbocycles. The number of pyridine rings is 1. The highest BCUT2D eigenvalue weighted by molar-refractivity contribution is 5.81. The van der Waals surface area contributed by atoms with Crippen molar-refractivity contribution in [3.8, 4) is 11.1 Å². The number of nitrogens with zero attached hydrogens (tertiary/aromatic N) is 2. The molecule has 2 heterocycles. The molecule has 7 nitrogen and oxygen atoms in total. The SMILES string of the molecule is Cc1cc2oc(=O)c(-c3ccc([N+](=O)[O-])cc3)cc2c(=O)n1CCc1ccccc1. The number of aromatic nitrogens is 1. The Kier molecular flexibility index (Phi) is 5.02. The van der Waals surface area contributed by atoms with Gasteiger partial charge in [-0.2, -0.15) is 0 Å². The molecule has 0 N–H and O–H groups in total. The Morgan fingerprint density at radius 1 is 1.00 bits per heavy atom. The van der Waals surface area contributed by atoms with E-state index >= 15 is 0 Å². The minimum Gasteiger partial charge on any atom is -0.422 e. The molecular formula is C23H18N2O5. The molecule has 0 spiro atoms. The summed E-state index contributed by atoms with van der Waals surface area (Å²) in [6, 6.07) is 18.6. The van der Waals surface area contributed by atoms with Crippen molar-refractivity contribution in [2.75, 3.05) is 0 Å². The van der Waals surface area contributed by atoms with Crippen LogP contribution < -0.4 is 11.2 Å². The fraction of sp³-hybridized carbons (Fsp3) is 0.130. The van der Waals surface area contributed by atoms with E-state index in [1.54, 1.807) is 17.6 Å². The molecule has 0 saturated carbocycles. The molecule has 0 atom stereocenters. The third-order valence-electron chi connectivity index (χ3n) is 5.07. The van der Waals surface area contributed by atoms with Gasteiger partial charge in [-0.1, -0.05) is 30.3 Å². The van der Waals surface area contributed by atoms with Crippen LogP contribution in [-0.4, -0.2) is 9.49 Å². The molecule has 0 saturated heterocycles. The van der Waals surface area contributed by atoms with Gasteiger partial charge in [0.05, 0.1) is 15.9 Å². The Balaban J connectivity index is 1.77.